The lowest BCUT2D eigenvalue weighted by atomic mass is 10.2. The number of amides is 1. The number of hydrogen-bond donors (Lipinski definition) is 2. The number of carbonyl (C=O) groups excluding carboxylic acids is 1. The van der Waals surface area contributed by atoms with Crippen LogP contribution in [0.5, 0.6) is 0 Å². The minimum absolute atomic E-state index is 0.0675. The summed E-state index contributed by atoms with van der Waals surface area (Å²) in [5.41, 5.74) is 0.912. The van der Waals surface area contributed by atoms with Gasteiger partial charge in [-0.1, -0.05) is 0 Å². The highest BCUT2D eigenvalue weighted by Gasteiger charge is 2.03. The summed E-state index contributed by atoms with van der Waals surface area (Å²) in [6.07, 6.45) is 4.76. The zero-order valence-corrected chi connectivity index (χ0v) is 9.23. The second kappa shape index (κ2) is 5.56. The Hall–Kier alpha value is -1.29. The van der Waals surface area contributed by atoms with E-state index >= 15 is 0 Å². The molecule has 0 saturated carbocycles. The largest absolute Gasteiger partial charge is 0.389 e. The Kier molecular flexibility index (Phi) is 4.37. The Bertz CT molecular complexity index is 318. The summed E-state index contributed by atoms with van der Waals surface area (Å²) in [5, 5.41) is 11.9. The minimum atomic E-state index is -0.426. The Morgan fingerprint density at radius 3 is 2.93 bits per heavy atom. The molecular weight excluding hydrogens is 192 g/mol. The molecule has 0 fully saturated rings. The van der Waals surface area contributed by atoms with Crippen LogP contribution < -0.4 is 5.32 Å². The lowest BCUT2D eigenvalue weighted by molar-refractivity contribution is -0.120. The number of rotatable bonds is 5. The second-order valence-electron chi connectivity index (χ2n) is 3.64. The monoisotopic (exact) mass is 210 g/mol. The van der Waals surface area contributed by atoms with Crippen LogP contribution in [0.3, 0.4) is 0 Å². The minimum Gasteiger partial charge on any atom is -0.389 e. The van der Waals surface area contributed by atoms with Crippen molar-refractivity contribution >= 4 is 5.91 Å². The third-order valence-electron chi connectivity index (χ3n) is 2.35. The van der Waals surface area contributed by atoms with E-state index in [9.17, 15) is 9.90 Å². The van der Waals surface area contributed by atoms with Crippen LogP contribution in [-0.2, 0) is 11.3 Å². The summed E-state index contributed by atoms with van der Waals surface area (Å²) in [6.45, 7) is 2.55. The van der Waals surface area contributed by atoms with Crippen molar-refractivity contribution in [3.8, 4) is 0 Å². The molecule has 0 aliphatic rings. The molecular formula is C11H18N2O2. The molecule has 0 aliphatic heterocycles. The average Bonchev–Trinajstić information content (AvgIpc) is 2.66. The van der Waals surface area contributed by atoms with E-state index in [1.54, 1.807) is 14.0 Å². The highest BCUT2D eigenvalue weighted by molar-refractivity contribution is 5.75. The number of nitrogens with zero attached hydrogens (tertiary/aromatic N) is 1. The highest BCUT2D eigenvalue weighted by Crippen LogP contribution is 2.12. The van der Waals surface area contributed by atoms with Crippen LogP contribution in [0.25, 0.3) is 0 Å². The Labute approximate surface area is 89.9 Å². The van der Waals surface area contributed by atoms with E-state index in [1.807, 2.05) is 23.0 Å². The summed E-state index contributed by atoms with van der Waals surface area (Å²) in [5.74, 6) is 0.0675. The quantitative estimate of drug-likeness (QED) is 0.763. The maximum atomic E-state index is 11.0. The number of aromatic nitrogens is 1. The fourth-order valence-corrected chi connectivity index (χ4v) is 1.39. The van der Waals surface area contributed by atoms with E-state index in [2.05, 4.69) is 5.32 Å². The van der Waals surface area contributed by atoms with Gasteiger partial charge in [0.2, 0.25) is 5.91 Å². The SMILES string of the molecule is CNC(=O)CCCn1ccc(C(C)O)c1. The van der Waals surface area contributed by atoms with Gasteiger partial charge in [-0.3, -0.25) is 4.79 Å². The van der Waals surface area contributed by atoms with Crippen LogP contribution in [0, 0.1) is 0 Å². The van der Waals surface area contributed by atoms with Crippen molar-refractivity contribution < 1.29 is 9.90 Å². The smallest absolute Gasteiger partial charge is 0.219 e. The molecule has 15 heavy (non-hydrogen) atoms. The third kappa shape index (κ3) is 3.75. The third-order valence-corrected chi connectivity index (χ3v) is 2.35. The molecule has 1 amide bonds. The Morgan fingerprint density at radius 1 is 1.67 bits per heavy atom. The van der Waals surface area contributed by atoms with Crippen LogP contribution in [-0.4, -0.2) is 22.6 Å². The van der Waals surface area contributed by atoms with Crippen LogP contribution in [0.4, 0.5) is 0 Å². The first-order chi connectivity index (χ1) is 7.13. The van der Waals surface area contributed by atoms with E-state index in [-0.39, 0.29) is 5.91 Å². The van der Waals surface area contributed by atoms with Gasteiger partial charge in [-0.2, -0.15) is 0 Å². The van der Waals surface area contributed by atoms with Crippen molar-refractivity contribution in [3.05, 3.63) is 24.0 Å². The van der Waals surface area contributed by atoms with Crippen LogP contribution in [0.2, 0.25) is 0 Å². The molecule has 4 nitrogen and oxygen atoms in total. The average molecular weight is 210 g/mol. The maximum Gasteiger partial charge on any atom is 0.219 e. The number of aliphatic hydroxyl groups excluding tert-OH is 1. The van der Waals surface area contributed by atoms with Gasteiger partial charge in [0.25, 0.3) is 0 Å². The molecule has 0 aromatic carbocycles. The first-order valence-corrected chi connectivity index (χ1v) is 5.18. The van der Waals surface area contributed by atoms with Gasteiger partial charge >= 0.3 is 0 Å². The number of aliphatic hydroxyl groups is 1. The summed E-state index contributed by atoms with van der Waals surface area (Å²) in [4.78, 5) is 11.0. The van der Waals surface area contributed by atoms with E-state index in [0.29, 0.717) is 6.42 Å². The summed E-state index contributed by atoms with van der Waals surface area (Å²) in [6, 6.07) is 1.89. The molecule has 0 saturated heterocycles. The zero-order chi connectivity index (χ0) is 11.3. The topological polar surface area (TPSA) is 54.3 Å². The van der Waals surface area contributed by atoms with Gasteiger partial charge in [0.05, 0.1) is 6.10 Å². The van der Waals surface area contributed by atoms with Gasteiger partial charge in [0, 0.05) is 32.4 Å². The fraction of sp³-hybridized carbons (Fsp3) is 0.545. The van der Waals surface area contributed by atoms with Gasteiger partial charge in [0.15, 0.2) is 0 Å². The van der Waals surface area contributed by atoms with Gasteiger partial charge in [-0.25, -0.2) is 0 Å². The fourth-order valence-electron chi connectivity index (χ4n) is 1.39. The van der Waals surface area contributed by atoms with E-state index < -0.39 is 6.10 Å². The molecule has 0 spiro atoms. The highest BCUT2D eigenvalue weighted by atomic mass is 16.3. The Balaban J connectivity index is 2.34. The molecule has 0 aliphatic carbocycles. The molecule has 0 bridgehead atoms. The number of hydrogen-bond acceptors (Lipinski definition) is 2. The molecule has 1 atom stereocenters. The number of carbonyl (C=O) groups is 1. The van der Waals surface area contributed by atoms with Gasteiger partial charge in [-0.15, -0.1) is 0 Å². The van der Waals surface area contributed by atoms with Gasteiger partial charge in [-0.05, 0) is 25.0 Å². The Morgan fingerprint density at radius 2 is 2.40 bits per heavy atom. The summed E-state index contributed by atoms with van der Waals surface area (Å²) >= 11 is 0. The summed E-state index contributed by atoms with van der Waals surface area (Å²) < 4.78 is 1.99. The molecule has 2 N–H and O–H groups in total. The molecule has 1 unspecified atom stereocenters. The van der Waals surface area contributed by atoms with Crippen LogP contribution >= 0.6 is 0 Å². The first-order valence-electron chi connectivity index (χ1n) is 5.18. The van der Waals surface area contributed by atoms with Crippen molar-refractivity contribution in [1.29, 1.82) is 0 Å². The predicted molar refractivity (Wildman–Crippen MR) is 58.4 cm³/mol. The predicted octanol–water partition coefficient (Wildman–Crippen LogP) is 1.07. The molecule has 1 aromatic heterocycles. The molecule has 1 aromatic rings. The van der Waals surface area contributed by atoms with Crippen molar-refractivity contribution in [1.82, 2.24) is 9.88 Å². The van der Waals surface area contributed by atoms with Crippen molar-refractivity contribution in [2.75, 3.05) is 7.05 Å². The van der Waals surface area contributed by atoms with Crippen molar-refractivity contribution in [3.63, 3.8) is 0 Å². The van der Waals surface area contributed by atoms with Crippen molar-refractivity contribution in [2.24, 2.45) is 0 Å². The van der Waals surface area contributed by atoms with Gasteiger partial charge < -0.3 is 15.0 Å². The standard InChI is InChI=1S/C11H18N2O2/c1-9(14)10-5-7-13(8-10)6-3-4-11(15)12-2/h5,7-9,14H,3-4,6H2,1-2H3,(H,12,15). The normalized spacial score (nSPS) is 12.5. The molecule has 1 heterocycles. The lowest BCUT2D eigenvalue weighted by Gasteiger charge is -2.03. The van der Waals surface area contributed by atoms with E-state index in [4.69, 9.17) is 0 Å². The van der Waals surface area contributed by atoms with Crippen LogP contribution in [0.1, 0.15) is 31.4 Å². The molecule has 84 valence electrons. The second-order valence-corrected chi connectivity index (χ2v) is 3.64. The number of nitrogens with one attached hydrogen (secondary N) is 1. The molecule has 4 heteroatoms. The first kappa shape index (κ1) is 11.8. The number of aryl methyl sites for hydroxylation is 1. The van der Waals surface area contributed by atoms with E-state index in [0.717, 1.165) is 18.5 Å². The maximum absolute atomic E-state index is 11.0. The lowest BCUT2D eigenvalue weighted by Crippen LogP contribution is -2.17. The molecule has 1 rings (SSSR count). The molecule has 0 radical (unpaired) electrons. The van der Waals surface area contributed by atoms with E-state index in [1.165, 1.54) is 0 Å². The zero-order valence-electron chi connectivity index (χ0n) is 9.23. The van der Waals surface area contributed by atoms with Gasteiger partial charge in [0.1, 0.15) is 0 Å². The van der Waals surface area contributed by atoms with Crippen LogP contribution in [0.15, 0.2) is 18.5 Å². The van der Waals surface area contributed by atoms with Crippen molar-refractivity contribution in [2.45, 2.75) is 32.4 Å². The summed E-state index contributed by atoms with van der Waals surface area (Å²) in [7, 11) is 1.64.